The Labute approximate surface area is 276 Å². The van der Waals surface area contributed by atoms with Crippen LogP contribution in [0.25, 0.3) is 0 Å². The standard InChI is InChI=1S/C38H43N3O6/c1-26(2)47-37(43)34-28(4)39-27(3)33(35(34)29-13-11-18-32(25-29)41(44)45)36(42)46-24-12-21-40-22-19-38(20-23-40,30-14-7-5-8-15-30)31-16-9-6-10-17-31/h5-11,13-18,25-26,35,39H,12,19-24H2,1-4H3. The Hall–Kier alpha value is -4.76. The molecule has 0 bridgehead atoms. The van der Waals surface area contributed by atoms with Crippen LogP contribution in [0.2, 0.25) is 0 Å². The van der Waals surface area contributed by atoms with E-state index in [-0.39, 0.29) is 28.9 Å². The fraction of sp³-hybridized carbons (Fsp3) is 0.368. The lowest BCUT2D eigenvalue weighted by atomic mass is 9.68. The summed E-state index contributed by atoms with van der Waals surface area (Å²) in [4.78, 5) is 40.6. The van der Waals surface area contributed by atoms with E-state index in [9.17, 15) is 19.7 Å². The molecule has 3 aromatic rings. The second-order valence-corrected chi connectivity index (χ2v) is 12.6. The highest BCUT2D eigenvalue weighted by atomic mass is 16.6. The quantitative estimate of drug-likeness (QED) is 0.106. The number of ether oxygens (including phenoxy) is 2. The summed E-state index contributed by atoms with van der Waals surface area (Å²) in [5.74, 6) is -2.05. The minimum Gasteiger partial charge on any atom is -0.462 e. The zero-order valence-electron chi connectivity index (χ0n) is 27.5. The summed E-state index contributed by atoms with van der Waals surface area (Å²) in [6.07, 6.45) is 2.24. The number of nitro groups is 1. The molecule has 47 heavy (non-hydrogen) atoms. The van der Waals surface area contributed by atoms with Crippen LogP contribution in [0.1, 0.15) is 69.6 Å². The third-order valence-corrected chi connectivity index (χ3v) is 9.17. The monoisotopic (exact) mass is 637 g/mol. The van der Waals surface area contributed by atoms with Crippen molar-refractivity contribution >= 4 is 17.6 Å². The predicted molar refractivity (Wildman–Crippen MR) is 181 cm³/mol. The number of hydrogen-bond acceptors (Lipinski definition) is 8. The van der Waals surface area contributed by atoms with Crippen LogP contribution in [-0.2, 0) is 24.5 Å². The highest BCUT2D eigenvalue weighted by Crippen LogP contribution is 2.42. The Morgan fingerprint density at radius 1 is 0.894 bits per heavy atom. The molecule has 246 valence electrons. The number of rotatable bonds is 11. The van der Waals surface area contributed by atoms with Crippen molar-refractivity contribution in [3.63, 3.8) is 0 Å². The van der Waals surface area contributed by atoms with Crippen molar-refractivity contribution in [2.75, 3.05) is 26.2 Å². The lowest BCUT2D eigenvalue weighted by Crippen LogP contribution is -2.43. The minimum atomic E-state index is -0.888. The second kappa shape index (κ2) is 14.8. The third kappa shape index (κ3) is 7.46. The molecule has 1 atom stereocenters. The van der Waals surface area contributed by atoms with Crippen LogP contribution in [0.15, 0.2) is 107 Å². The number of dihydropyridines is 1. The molecule has 3 aromatic carbocycles. The van der Waals surface area contributed by atoms with Gasteiger partial charge in [0, 0.05) is 35.5 Å². The van der Waals surface area contributed by atoms with Crippen molar-refractivity contribution < 1.29 is 24.0 Å². The van der Waals surface area contributed by atoms with Gasteiger partial charge in [-0.05, 0) is 76.7 Å². The van der Waals surface area contributed by atoms with Crippen molar-refractivity contribution in [3.05, 3.63) is 134 Å². The molecule has 1 unspecified atom stereocenters. The number of piperidine rings is 1. The van der Waals surface area contributed by atoms with Gasteiger partial charge in [0.05, 0.1) is 34.7 Å². The largest absolute Gasteiger partial charge is 0.462 e. The van der Waals surface area contributed by atoms with Crippen LogP contribution in [-0.4, -0.2) is 54.1 Å². The molecular formula is C38H43N3O6. The second-order valence-electron chi connectivity index (χ2n) is 12.6. The summed E-state index contributed by atoms with van der Waals surface area (Å²) in [6, 6.07) is 27.5. The van der Waals surface area contributed by atoms with Gasteiger partial charge >= 0.3 is 11.9 Å². The lowest BCUT2D eigenvalue weighted by molar-refractivity contribution is -0.384. The van der Waals surface area contributed by atoms with Crippen LogP contribution in [0.3, 0.4) is 0 Å². The number of nitrogens with one attached hydrogen (secondary N) is 1. The predicted octanol–water partition coefficient (Wildman–Crippen LogP) is 6.80. The van der Waals surface area contributed by atoms with Crippen LogP contribution in [0.4, 0.5) is 5.69 Å². The maximum atomic E-state index is 13.7. The van der Waals surface area contributed by atoms with Gasteiger partial charge in [-0.15, -0.1) is 0 Å². The van der Waals surface area contributed by atoms with Crippen molar-refractivity contribution in [1.82, 2.24) is 10.2 Å². The number of likely N-dealkylation sites (tertiary alicyclic amines) is 1. The number of non-ortho nitro benzene ring substituents is 1. The topological polar surface area (TPSA) is 111 Å². The maximum Gasteiger partial charge on any atom is 0.337 e. The Morgan fingerprint density at radius 2 is 1.47 bits per heavy atom. The van der Waals surface area contributed by atoms with Gasteiger partial charge in [-0.25, -0.2) is 9.59 Å². The van der Waals surface area contributed by atoms with E-state index in [1.165, 1.54) is 23.3 Å². The van der Waals surface area contributed by atoms with E-state index < -0.39 is 28.9 Å². The number of nitrogens with zero attached hydrogens (tertiary/aromatic N) is 2. The number of carbonyl (C=O) groups excluding carboxylic acids is 2. The molecule has 1 saturated heterocycles. The van der Waals surface area contributed by atoms with Gasteiger partial charge in [0.15, 0.2) is 0 Å². The fourth-order valence-electron chi connectivity index (χ4n) is 6.91. The first-order valence-corrected chi connectivity index (χ1v) is 16.2. The van der Waals surface area contributed by atoms with Crippen LogP contribution >= 0.6 is 0 Å². The number of benzene rings is 3. The summed E-state index contributed by atoms with van der Waals surface area (Å²) >= 11 is 0. The number of esters is 2. The van der Waals surface area contributed by atoms with Gasteiger partial charge in [-0.2, -0.15) is 0 Å². The van der Waals surface area contributed by atoms with E-state index >= 15 is 0 Å². The van der Waals surface area contributed by atoms with E-state index in [1.54, 1.807) is 39.8 Å². The van der Waals surface area contributed by atoms with Crippen molar-refractivity contribution in [1.29, 1.82) is 0 Å². The fourth-order valence-corrected chi connectivity index (χ4v) is 6.91. The van der Waals surface area contributed by atoms with Crippen LogP contribution in [0, 0.1) is 10.1 Å². The SMILES string of the molecule is CC1=C(C(=O)OCCCN2CCC(c3ccccc3)(c3ccccc3)CC2)C(c2cccc([N+](=O)[O-])c2)C(C(=O)OC(C)C)=C(C)N1. The molecule has 9 heteroatoms. The van der Waals surface area contributed by atoms with Crippen molar-refractivity contribution in [2.24, 2.45) is 0 Å². The van der Waals surface area contributed by atoms with Gasteiger partial charge < -0.3 is 19.7 Å². The van der Waals surface area contributed by atoms with Crippen molar-refractivity contribution in [2.45, 2.75) is 64.4 Å². The van der Waals surface area contributed by atoms with E-state index in [1.807, 2.05) is 0 Å². The molecule has 0 saturated carbocycles. The van der Waals surface area contributed by atoms with Gasteiger partial charge in [0.1, 0.15) is 0 Å². The molecule has 2 aliphatic rings. The number of carbonyl (C=O) groups is 2. The molecule has 0 aliphatic carbocycles. The molecule has 5 rings (SSSR count). The normalized spacial score (nSPS) is 18.1. The Morgan fingerprint density at radius 3 is 2.02 bits per heavy atom. The van der Waals surface area contributed by atoms with E-state index in [0.29, 0.717) is 23.4 Å². The smallest absolute Gasteiger partial charge is 0.337 e. The molecule has 2 heterocycles. The number of nitro benzene ring substituents is 1. The van der Waals surface area contributed by atoms with E-state index in [2.05, 4.69) is 70.9 Å². The Balaban J connectivity index is 1.26. The van der Waals surface area contributed by atoms with Crippen molar-refractivity contribution in [3.8, 4) is 0 Å². The summed E-state index contributed by atoms with van der Waals surface area (Å²) in [6.45, 7) is 9.79. The Bertz CT molecular complexity index is 1620. The zero-order chi connectivity index (χ0) is 33.6. The highest BCUT2D eigenvalue weighted by Gasteiger charge is 2.40. The Kier molecular flexibility index (Phi) is 10.6. The maximum absolute atomic E-state index is 13.7. The molecular weight excluding hydrogens is 594 g/mol. The molecule has 2 aliphatic heterocycles. The van der Waals surface area contributed by atoms with E-state index in [0.717, 1.165) is 32.5 Å². The first kappa shape index (κ1) is 33.6. The molecule has 0 aromatic heterocycles. The minimum absolute atomic E-state index is 0.0366. The van der Waals surface area contributed by atoms with Gasteiger partial charge in [-0.3, -0.25) is 10.1 Å². The molecule has 1 fully saturated rings. The summed E-state index contributed by atoms with van der Waals surface area (Å²) < 4.78 is 11.4. The third-order valence-electron chi connectivity index (χ3n) is 9.17. The molecule has 0 amide bonds. The summed E-state index contributed by atoms with van der Waals surface area (Å²) in [5.41, 5.74) is 4.46. The molecule has 9 nitrogen and oxygen atoms in total. The highest BCUT2D eigenvalue weighted by molar-refractivity contribution is 6.00. The number of allylic oxidation sites excluding steroid dienone is 2. The molecule has 0 spiro atoms. The zero-order valence-corrected chi connectivity index (χ0v) is 27.5. The van der Waals surface area contributed by atoms with E-state index in [4.69, 9.17) is 9.47 Å². The average Bonchev–Trinajstić information content (AvgIpc) is 3.07. The summed E-state index contributed by atoms with van der Waals surface area (Å²) in [5, 5.41) is 14.8. The number of hydrogen-bond donors (Lipinski definition) is 1. The first-order valence-electron chi connectivity index (χ1n) is 16.2. The molecule has 1 N–H and O–H groups in total. The van der Waals surface area contributed by atoms with Crippen LogP contribution in [0.5, 0.6) is 0 Å². The van der Waals surface area contributed by atoms with Gasteiger partial charge in [-0.1, -0.05) is 72.8 Å². The summed E-state index contributed by atoms with van der Waals surface area (Å²) in [7, 11) is 0. The van der Waals surface area contributed by atoms with Gasteiger partial charge in [0.25, 0.3) is 5.69 Å². The van der Waals surface area contributed by atoms with Gasteiger partial charge in [0.2, 0.25) is 0 Å². The lowest BCUT2D eigenvalue weighted by Gasteiger charge is -2.43. The molecule has 0 radical (unpaired) electrons. The first-order chi connectivity index (χ1) is 22.6. The van der Waals surface area contributed by atoms with Crippen LogP contribution < -0.4 is 5.32 Å². The average molecular weight is 638 g/mol.